The van der Waals surface area contributed by atoms with Gasteiger partial charge < -0.3 is 15.3 Å². The first kappa shape index (κ1) is 24.4. The highest BCUT2D eigenvalue weighted by Crippen LogP contribution is 2.31. The number of piperidine rings is 1. The summed E-state index contributed by atoms with van der Waals surface area (Å²) in [4.78, 5) is 25.2. The molecule has 4 aromatic rings. The standard InChI is InChI=1S/C28H30ClN5O2/c1-18-10-19(12-20(29)11-18)24-14-31-27-26(25(24)16-33(2)15-21-6-3-4-9-30-21)28(36)34(17-32-27)22-7-5-8-23(35)13-22/h5,7-8,10-14,17,21,30,35H,3-4,6,9,15-16H2,1-2H3/t21-/m0/s1. The highest BCUT2D eigenvalue weighted by Gasteiger charge is 2.21. The van der Waals surface area contributed by atoms with Crippen molar-refractivity contribution in [1.29, 1.82) is 0 Å². The zero-order valence-electron chi connectivity index (χ0n) is 20.5. The molecule has 2 N–H and O–H groups in total. The fourth-order valence-electron chi connectivity index (χ4n) is 5.07. The van der Waals surface area contributed by atoms with Gasteiger partial charge in [0.2, 0.25) is 0 Å². The van der Waals surface area contributed by atoms with Gasteiger partial charge in [0.25, 0.3) is 5.56 Å². The molecule has 186 valence electrons. The number of nitrogens with one attached hydrogen (secondary N) is 1. The number of aromatic hydroxyl groups is 1. The number of halogens is 1. The predicted octanol–water partition coefficient (Wildman–Crippen LogP) is 4.69. The molecule has 5 rings (SSSR count). The number of rotatable bonds is 6. The molecule has 0 bridgehead atoms. The number of hydrogen-bond acceptors (Lipinski definition) is 6. The summed E-state index contributed by atoms with van der Waals surface area (Å²) >= 11 is 6.42. The molecule has 1 atom stereocenters. The van der Waals surface area contributed by atoms with E-state index in [1.807, 2.05) is 19.1 Å². The number of pyridine rings is 1. The Bertz CT molecular complexity index is 1440. The highest BCUT2D eigenvalue weighted by molar-refractivity contribution is 6.31. The normalized spacial score (nSPS) is 16.1. The summed E-state index contributed by atoms with van der Waals surface area (Å²) in [5.74, 6) is 0.0840. The third kappa shape index (κ3) is 5.14. The Morgan fingerprint density at radius 3 is 2.81 bits per heavy atom. The molecule has 2 aromatic carbocycles. The van der Waals surface area contributed by atoms with Crippen molar-refractivity contribution in [3.05, 3.63) is 81.5 Å². The molecule has 1 aliphatic rings. The van der Waals surface area contributed by atoms with Gasteiger partial charge in [0.1, 0.15) is 12.1 Å². The van der Waals surface area contributed by atoms with Crippen molar-refractivity contribution in [2.75, 3.05) is 20.1 Å². The zero-order chi connectivity index (χ0) is 25.2. The van der Waals surface area contributed by atoms with E-state index < -0.39 is 0 Å². The van der Waals surface area contributed by atoms with Gasteiger partial charge in [-0.25, -0.2) is 9.97 Å². The Kier molecular flexibility index (Phi) is 7.05. The molecule has 36 heavy (non-hydrogen) atoms. The quantitative estimate of drug-likeness (QED) is 0.397. The Labute approximate surface area is 215 Å². The van der Waals surface area contributed by atoms with Crippen LogP contribution in [0.5, 0.6) is 5.75 Å². The largest absolute Gasteiger partial charge is 0.508 e. The van der Waals surface area contributed by atoms with Gasteiger partial charge in [-0.05, 0) is 74.3 Å². The number of hydrogen-bond donors (Lipinski definition) is 2. The minimum Gasteiger partial charge on any atom is -0.508 e. The lowest BCUT2D eigenvalue weighted by Crippen LogP contribution is -2.42. The minimum atomic E-state index is -0.224. The van der Waals surface area contributed by atoms with Crippen LogP contribution in [0.25, 0.3) is 27.8 Å². The van der Waals surface area contributed by atoms with Crippen LogP contribution in [0.2, 0.25) is 5.02 Å². The van der Waals surface area contributed by atoms with Gasteiger partial charge >= 0.3 is 0 Å². The summed E-state index contributed by atoms with van der Waals surface area (Å²) in [6.07, 6.45) is 6.85. The van der Waals surface area contributed by atoms with Crippen molar-refractivity contribution >= 4 is 22.6 Å². The highest BCUT2D eigenvalue weighted by atomic mass is 35.5. The van der Waals surface area contributed by atoms with Crippen molar-refractivity contribution in [3.8, 4) is 22.6 Å². The number of phenolic OH excluding ortho intramolecular Hbond substituents is 1. The Morgan fingerprint density at radius 1 is 1.19 bits per heavy atom. The van der Waals surface area contributed by atoms with Gasteiger partial charge in [0.05, 0.1) is 11.1 Å². The third-order valence-electron chi connectivity index (χ3n) is 6.73. The van der Waals surface area contributed by atoms with Crippen LogP contribution in [0.4, 0.5) is 0 Å². The van der Waals surface area contributed by atoms with Crippen LogP contribution < -0.4 is 10.9 Å². The van der Waals surface area contributed by atoms with Gasteiger partial charge in [-0.3, -0.25) is 9.36 Å². The topological polar surface area (TPSA) is 83.3 Å². The smallest absolute Gasteiger partial charge is 0.267 e. The second kappa shape index (κ2) is 10.4. The molecule has 2 aromatic heterocycles. The zero-order valence-corrected chi connectivity index (χ0v) is 21.3. The van der Waals surface area contributed by atoms with Crippen molar-refractivity contribution in [2.24, 2.45) is 0 Å². The number of nitrogens with zero attached hydrogens (tertiary/aromatic N) is 4. The molecule has 1 aliphatic heterocycles. The molecule has 0 amide bonds. The molecular weight excluding hydrogens is 474 g/mol. The van der Waals surface area contributed by atoms with Crippen LogP contribution in [0.3, 0.4) is 0 Å². The predicted molar refractivity (Wildman–Crippen MR) is 144 cm³/mol. The van der Waals surface area contributed by atoms with E-state index in [1.165, 1.54) is 23.7 Å². The maximum absolute atomic E-state index is 13.9. The lowest BCUT2D eigenvalue weighted by molar-refractivity contribution is 0.257. The molecular formula is C28H30ClN5O2. The van der Waals surface area contributed by atoms with Crippen LogP contribution in [0, 0.1) is 6.92 Å². The summed E-state index contributed by atoms with van der Waals surface area (Å²) in [6, 6.07) is 12.9. The Morgan fingerprint density at radius 2 is 2.06 bits per heavy atom. The third-order valence-corrected chi connectivity index (χ3v) is 6.95. The van der Waals surface area contributed by atoms with Gasteiger partial charge in [-0.2, -0.15) is 0 Å². The second-order valence-corrected chi connectivity index (χ2v) is 10.1. The Balaban J connectivity index is 1.67. The molecule has 0 radical (unpaired) electrons. The van der Waals surface area contributed by atoms with Crippen molar-refractivity contribution in [1.82, 2.24) is 24.8 Å². The molecule has 0 unspecified atom stereocenters. The average molecular weight is 504 g/mol. The summed E-state index contributed by atoms with van der Waals surface area (Å²) in [6.45, 7) is 4.47. The van der Waals surface area contributed by atoms with Crippen LogP contribution in [-0.2, 0) is 6.54 Å². The van der Waals surface area contributed by atoms with E-state index in [9.17, 15) is 9.90 Å². The van der Waals surface area contributed by atoms with E-state index in [2.05, 4.69) is 33.3 Å². The first-order valence-electron chi connectivity index (χ1n) is 12.3. The SMILES string of the molecule is Cc1cc(Cl)cc(-c2cnc3ncn(-c4cccc(O)c4)c(=O)c3c2CN(C)C[C@@H]2CCCCN2)c1. The number of aromatic nitrogens is 3. The van der Waals surface area contributed by atoms with E-state index >= 15 is 0 Å². The molecule has 7 nitrogen and oxygen atoms in total. The first-order valence-corrected chi connectivity index (χ1v) is 12.6. The fraction of sp³-hybridized carbons (Fsp3) is 0.321. The monoisotopic (exact) mass is 503 g/mol. The summed E-state index contributed by atoms with van der Waals surface area (Å²) in [7, 11) is 2.08. The number of fused-ring (bicyclic) bond motifs is 1. The van der Waals surface area contributed by atoms with E-state index in [0.717, 1.165) is 41.8 Å². The number of likely N-dealkylation sites (N-methyl/N-ethyl adjacent to an activating group) is 1. The second-order valence-electron chi connectivity index (χ2n) is 9.65. The fourth-order valence-corrected chi connectivity index (χ4v) is 5.36. The summed E-state index contributed by atoms with van der Waals surface area (Å²) < 4.78 is 1.46. The lowest BCUT2D eigenvalue weighted by atomic mass is 9.97. The number of phenols is 1. The summed E-state index contributed by atoms with van der Waals surface area (Å²) in [5, 5.41) is 14.7. The molecule has 3 heterocycles. The molecule has 1 fully saturated rings. The Hall–Kier alpha value is -3.26. The minimum absolute atomic E-state index is 0.0840. The maximum atomic E-state index is 13.9. The van der Waals surface area contributed by atoms with Gasteiger partial charge in [0.15, 0.2) is 5.65 Å². The van der Waals surface area contributed by atoms with Crippen LogP contribution >= 0.6 is 11.6 Å². The number of aryl methyl sites for hydroxylation is 1. The maximum Gasteiger partial charge on any atom is 0.267 e. The van der Waals surface area contributed by atoms with Crippen molar-refractivity contribution in [3.63, 3.8) is 0 Å². The lowest BCUT2D eigenvalue weighted by Gasteiger charge is -2.29. The van der Waals surface area contributed by atoms with E-state index in [0.29, 0.717) is 34.3 Å². The van der Waals surface area contributed by atoms with Crippen molar-refractivity contribution < 1.29 is 5.11 Å². The van der Waals surface area contributed by atoms with Crippen LogP contribution in [0.1, 0.15) is 30.4 Å². The van der Waals surface area contributed by atoms with Crippen molar-refractivity contribution in [2.45, 2.75) is 38.8 Å². The van der Waals surface area contributed by atoms with Gasteiger partial charge in [-0.15, -0.1) is 0 Å². The van der Waals surface area contributed by atoms with E-state index in [1.54, 1.807) is 30.5 Å². The van der Waals surface area contributed by atoms with Crippen LogP contribution in [0.15, 0.2) is 59.8 Å². The molecule has 0 aliphatic carbocycles. The summed E-state index contributed by atoms with van der Waals surface area (Å²) in [5.41, 5.74) is 4.41. The molecule has 8 heteroatoms. The van der Waals surface area contributed by atoms with Gasteiger partial charge in [-0.1, -0.05) is 30.2 Å². The van der Waals surface area contributed by atoms with Gasteiger partial charge in [0, 0.05) is 42.0 Å². The van der Waals surface area contributed by atoms with E-state index in [-0.39, 0.29) is 11.3 Å². The average Bonchev–Trinajstić information content (AvgIpc) is 2.84. The van der Waals surface area contributed by atoms with Crippen LogP contribution in [-0.4, -0.2) is 50.7 Å². The number of benzene rings is 2. The first-order chi connectivity index (χ1) is 17.4. The van der Waals surface area contributed by atoms with E-state index in [4.69, 9.17) is 11.6 Å². The molecule has 0 spiro atoms. The molecule has 0 saturated carbocycles. The molecule has 1 saturated heterocycles.